The van der Waals surface area contributed by atoms with Crippen LogP contribution in [-0.4, -0.2) is 5.91 Å². The molecule has 4 nitrogen and oxygen atoms in total. The molecule has 2 rings (SSSR count). The second-order valence-corrected chi connectivity index (χ2v) is 5.09. The molecule has 4 N–H and O–H groups in total. The minimum atomic E-state index is -0.510. The van der Waals surface area contributed by atoms with E-state index < -0.39 is 5.91 Å². The van der Waals surface area contributed by atoms with Gasteiger partial charge in [0, 0.05) is 16.1 Å². The van der Waals surface area contributed by atoms with Crippen LogP contribution in [-0.2, 0) is 13.0 Å². The third-order valence-electron chi connectivity index (χ3n) is 3.20. The first kappa shape index (κ1) is 15.2. The quantitative estimate of drug-likeness (QED) is 0.833. The number of rotatable bonds is 5. The van der Waals surface area contributed by atoms with Gasteiger partial charge in [0.05, 0.1) is 5.69 Å². The van der Waals surface area contributed by atoms with Crippen molar-refractivity contribution in [2.24, 2.45) is 5.73 Å². The van der Waals surface area contributed by atoms with Gasteiger partial charge in [-0.2, -0.15) is 0 Å². The predicted octanol–water partition coefficient (Wildman–Crippen LogP) is 3.16. The van der Waals surface area contributed by atoms with Crippen LogP contribution in [0.2, 0.25) is 5.02 Å². The molecule has 0 heterocycles. The molecule has 0 aliphatic heterocycles. The molecule has 21 heavy (non-hydrogen) atoms. The van der Waals surface area contributed by atoms with Crippen molar-refractivity contribution < 1.29 is 9.53 Å². The van der Waals surface area contributed by atoms with E-state index in [2.05, 4.69) is 6.92 Å². The number of nitrogens with two attached hydrogens (primary N) is 2. The summed E-state index contributed by atoms with van der Waals surface area (Å²) in [5.74, 6) is 0.103. The molecule has 0 aliphatic carbocycles. The first-order valence-electron chi connectivity index (χ1n) is 6.60. The Hall–Kier alpha value is -2.20. The van der Waals surface area contributed by atoms with E-state index in [1.807, 2.05) is 18.2 Å². The molecule has 0 unspecified atom stereocenters. The Morgan fingerprint density at radius 3 is 2.57 bits per heavy atom. The number of carbonyl (C=O) groups excluding carboxylic acids is 1. The van der Waals surface area contributed by atoms with E-state index in [1.54, 1.807) is 12.1 Å². The van der Waals surface area contributed by atoms with Gasteiger partial charge in [0.25, 0.3) is 0 Å². The van der Waals surface area contributed by atoms with Gasteiger partial charge < -0.3 is 16.2 Å². The molecular weight excluding hydrogens is 288 g/mol. The maximum Gasteiger partial charge on any atom is 0.248 e. The standard InChI is InChI=1S/C16H17ClN2O2/c1-2-10-3-6-15(14(18)7-10)21-9-12-5-4-11(16(19)20)8-13(12)17/h3-8H,2,9,18H2,1H3,(H2,19,20). The highest BCUT2D eigenvalue weighted by Gasteiger charge is 2.07. The maximum absolute atomic E-state index is 11.1. The van der Waals surface area contributed by atoms with Crippen LogP contribution < -0.4 is 16.2 Å². The van der Waals surface area contributed by atoms with Gasteiger partial charge in [-0.1, -0.05) is 30.7 Å². The van der Waals surface area contributed by atoms with Crippen molar-refractivity contribution in [2.45, 2.75) is 20.0 Å². The Morgan fingerprint density at radius 1 is 1.24 bits per heavy atom. The molecule has 5 heteroatoms. The lowest BCUT2D eigenvalue weighted by atomic mass is 10.1. The van der Waals surface area contributed by atoms with E-state index in [-0.39, 0.29) is 6.61 Å². The molecular formula is C16H17ClN2O2. The molecule has 0 spiro atoms. The topological polar surface area (TPSA) is 78.3 Å². The van der Waals surface area contributed by atoms with Crippen LogP contribution in [0.5, 0.6) is 5.75 Å². The third kappa shape index (κ3) is 3.67. The minimum Gasteiger partial charge on any atom is -0.487 e. The van der Waals surface area contributed by atoms with Crippen molar-refractivity contribution in [2.75, 3.05) is 5.73 Å². The van der Waals surface area contributed by atoms with Crippen molar-refractivity contribution in [3.8, 4) is 5.75 Å². The van der Waals surface area contributed by atoms with Gasteiger partial charge in [-0.15, -0.1) is 0 Å². The molecule has 0 atom stereocenters. The summed E-state index contributed by atoms with van der Waals surface area (Å²) in [7, 11) is 0. The summed E-state index contributed by atoms with van der Waals surface area (Å²) >= 11 is 6.11. The van der Waals surface area contributed by atoms with Gasteiger partial charge >= 0.3 is 0 Å². The number of halogens is 1. The largest absolute Gasteiger partial charge is 0.487 e. The highest BCUT2D eigenvalue weighted by atomic mass is 35.5. The number of carbonyl (C=O) groups is 1. The number of benzene rings is 2. The maximum atomic E-state index is 11.1. The van der Waals surface area contributed by atoms with E-state index in [1.165, 1.54) is 6.07 Å². The second kappa shape index (κ2) is 6.50. The molecule has 0 fully saturated rings. The lowest BCUT2D eigenvalue weighted by Gasteiger charge is -2.11. The van der Waals surface area contributed by atoms with Gasteiger partial charge in [-0.25, -0.2) is 0 Å². The number of primary amides is 1. The van der Waals surface area contributed by atoms with Crippen molar-refractivity contribution in [1.29, 1.82) is 0 Å². The fourth-order valence-corrected chi connectivity index (χ4v) is 2.16. The zero-order chi connectivity index (χ0) is 15.4. The number of anilines is 1. The summed E-state index contributed by atoms with van der Waals surface area (Å²) in [4.78, 5) is 11.1. The van der Waals surface area contributed by atoms with Gasteiger partial charge in [-0.05, 0) is 36.2 Å². The Labute approximate surface area is 128 Å². The van der Waals surface area contributed by atoms with Crippen molar-refractivity contribution >= 4 is 23.2 Å². The second-order valence-electron chi connectivity index (χ2n) is 4.68. The molecule has 0 aromatic heterocycles. The van der Waals surface area contributed by atoms with Crippen molar-refractivity contribution in [3.05, 3.63) is 58.1 Å². The highest BCUT2D eigenvalue weighted by Crippen LogP contribution is 2.25. The van der Waals surface area contributed by atoms with Crippen molar-refractivity contribution in [1.82, 2.24) is 0 Å². The summed E-state index contributed by atoms with van der Waals surface area (Å²) < 4.78 is 5.68. The number of aryl methyl sites for hydroxylation is 1. The Kier molecular flexibility index (Phi) is 4.70. The number of amides is 1. The van der Waals surface area contributed by atoms with Crippen LogP contribution in [0.3, 0.4) is 0 Å². The molecule has 1 amide bonds. The predicted molar refractivity (Wildman–Crippen MR) is 84.5 cm³/mol. The van der Waals surface area contributed by atoms with Gasteiger partial charge in [-0.3, -0.25) is 4.79 Å². The fourth-order valence-electron chi connectivity index (χ4n) is 1.92. The summed E-state index contributed by atoms with van der Waals surface area (Å²) in [6.45, 7) is 2.34. The summed E-state index contributed by atoms with van der Waals surface area (Å²) in [6, 6.07) is 10.6. The lowest BCUT2D eigenvalue weighted by molar-refractivity contribution is 0.1000. The zero-order valence-electron chi connectivity index (χ0n) is 11.7. The molecule has 2 aromatic carbocycles. The normalized spacial score (nSPS) is 10.4. The Balaban J connectivity index is 2.11. The summed E-state index contributed by atoms with van der Waals surface area (Å²) in [6.07, 6.45) is 0.922. The summed E-state index contributed by atoms with van der Waals surface area (Å²) in [5.41, 5.74) is 14.0. The summed E-state index contributed by atoms with van der Waals surface area (Å²) in [5, 5.41) is 0.440. The average Bonchev–Trinajstić information content (AvgIpc) is 2.46. The van der Waals surface area contributed by atoms with Crippen LogP contribution in [0.4, 0.5) is 5.69 Å². The zero-order valence-corrected chi connectivity index (χ0v) is 12.5. The fraction of sp³-hybridized carbons (Fsp3) is 0.188. The minimum absolute atomic E-state index is 0.271. The first-order valence-corrected chi connectivity index (χ1v) is 6.98. The Bertz CT molecular complexity index is 671. The van der Waals surface area contributed by atoms with E-state index in [0.717, 1.165) is 17.5 Å². The van der Waals surface area contributed by atoms with E-state index in [9.17, 15) is 4.79 Å². The molecule has 2 aromatic rings. The van der Waals surface area contributed by atoms with Gasteiger partial charge in [0.2, 0.25) is 5.91 Å². The average molecular weight is 305 g/mol. The molecule has 0 saturated heterocycles. The van der Waals surface area contributed by atoms with Crippen LogP contribution in [0, 0.1) is 0 Å². The molecule has 0 aliphatic rings. The molecule has 0 saturated carbocycles. The van der Waals surface area contributed by atoms with Gasteiger partial charge in [0.1, 0.15) is 12.4 Å². The van der Waals surface area contributed by atoms with Crippen LogP contribution >= 0.6 is 11.6 Å². The van der Waals surface area contributed by atoms with E-state index >= 15 is 0 Å². The first-order chi connectivity index (χ1) is 10.0. The SMILES string of the molecule is CCc1ccc(OCc2ccc(C(N)=O)cc2Cl)c(N)c1. The van der Waals surface area contributed by atoms with E-state index in [4.69, 9.17) is 27.8 Å². The smallest absolute Gasteiger partial charge is 0.248 e. The van der Waals surface area contributed by atoms with Crippen LogP contribution in [0.1, 0.15) is 28.4 Å². The number of nitrogen functional groups attached to an aromatic ring is 1. The lowest BCUT2D eigenvalue weighted by Crippen LogP contribution is -2.11. The molecule has 110 valence electrons. The number of hydrogen-bond donors (Lipinski definition) is 2. The molecule has 0 radical (unpaired) electrons. The van der Waals surface area contributed by atoms with Crippen LogP contribution in [0.25, 0.3) is 0 Å². The number of hydrogen-bond acceptors (Lipinski definition) is 3. The monoisotopic (exact) mass is 304 g/mol. The van der Waals surface area contributed by atoms with Crippen molar-refractivity contribution in [3.63, 3.8) is 0 Å². The number of ether oxygens (including phenoxy) is 1. The third-order valence-corrected chi connectivity index (χ3v) is 3.56. The van der Waals surface area contributed by atoms with Crippen LogP contribution in [0.15, 0.2) is 36.4 Å². The highest BCUT2D eigenvalue weighted by molar-refractivity contribution is 6.31. The molecule has 0 bridgehead atoms. The van der Waals surface area contributed by atoms with Gasteiger partial charge in [0.15, 0.2) is 0 Å². The van der Waals surface area contributed by atoms with E-state index in [0.29, 0.717) is 22.0 Å². The Morgan fingerprint density at radius 2 is 2.00 bits per heavy atom.